The van der Waals surface area contributed by atoms with Crippen molar-refractivity contribution in [3.8, 4) is 17.6 Å². The fraction of sp³-hybridized carbons (Fsp3) is 0.154. The molecule has 1 amide bonds. The van der Waals surface area contributed by atoms with Crippen molar-refractivity contribution in [1.82, 2.24) is 0 Å². The summed E-state index contributed by atoms with van der Waals surface area (Å²) < 4.78 is 13.6. The van der Waals surface area contributed by atoms with Crippen LogP contribution in [-0.2, 0) is 11.4 Å². The molecule has 3 aromatic carbocycles. The lowest BCUT2D eigenvalue weighted by atomic mass is 10.1. The Balaban J connectivity index is 1.86. The van der Waals surface area contributed by atoms with E-state index in [1.54, 1.807) is 19.2 Å². The van der Waals surface area contributed by atoms with E-state index < -0.39 is 5.91 Å². The molecule has 34 heavy (non-hydrogen) atoms. The molecule has 5 nitrogen and oxygen atoms in total. The molecule has 0 heterocycles. The Kier molecular flexibility index (Phi) is 8.95. The second kappa shape index (κ2) is 11.7. The SMILES string of the molecule is COc1cc(/C=C(\C#N)C(=O)Nc2c(Br)cc(C)cc2Br)cc(Br)c1OCc1ccccc1C. The molecule has 0 fully saturated rings. The van der Waals surface area contributed by atoms with Crippen LogP contribution < -0.4 is 14.8 Å². The average molecular weight is 649 g/mol. The predicted octanol–water partition coefficient (Wildman–Crippen LogP) is 7.72. The maximum Gasteiger partial charge on any atom is 0.266 e. The van der Waals surface area contributed by atoms with E-state index in [2.05, 4.69) is 53.1 Å². The number of nitriles is 1. The van der Waals surface area contributed by atoms with Crippen LogP contribution in [-0.4, -0.2) is 13.0 Å². The van der Waals surface area contributed by atoms with Crippen LogP contribution in [0.2, 0.25) is 0 Å². The number of rotatable bonds is 7. The molecule has 8 heteroatoms. The molecule has 0 aromatic heterocycles. The van der Waals surface area contributed by atoms with Crippen LogP contribution in [0.3, 0.4) is 0 Å². The monoisotopic (exact) mass is 646 g/mol. The Bertz CT molecular complexity index is 1290. The van der Waals surface area contributed by atoms with Gasteiger partial charge in [0.25, 0.3) is 5.91 Å². The second-order valence-electron chi connectivity index (χ2n) is 7.48. The fourth-order valence-corrected chi connectivity index (χ4v) is 5.39. The highest BCUT2D eigenvalue weighted by Crippen LogP contribution is 2.38. The van der Waals surface area contributed by atoms with Crippen molar-refractivity contribution >= 4 is 65.5 Å². The number of carbonyl (C=O) groups is 1. The minimum atomic E-state index is -0.525. The number of halogens is 3. The summed E-state index contributed by atoms with van der Waals surface area (Å²) in [4.78, 5) is 12.8. The summed E-state index contributed by atoms with van der Waals surface area (Å²) in [6, 6.07) is 17.2. The lowest BCUT2D eigenvalue weighted by Crippen LogP contribution is -2.14. The zero-order valence-corrected chi connectivity index (χ0v) is 23.5. The molecule has 0 bridgehead atoms. The van der Waals surface area contributed by atoms with Crippen molar-refractivity contribution in [2.75, 3.05) is 12.4 Å². The van der Waals surface area contributed by atoms with Gasteiger partial charge in [0.1, 0.15) is 18.2 Å². The highest BCUT2D eigenvalue weighted by molar-refractivity contribution is 9.11. The molecule has 0 aliphatic rings. The number of benzene rings is 3. The van der Waals surface area contributed by atoms with E-state index in [0.29, 0.717) is 42.8 Å². The number of carbonyl (C=O) groups excluding carboxylic acids is 1. The number of methoxy groups -OCH3 is 1. The summed E-state index contributed by atoms with van der Waals surface area (Å²) in [7, 11) is 1.54. The normalized spacial score (nSPS) is 11.0. The topological polar surface area (TPSA) is 71.3 Å². The van der Waals surface area contributed by atoms with E-state index >= 15 is 0 Å². The van der Waals surface area contributed by atoms with Gasteiger partial charge in [0.2, 0.25) is 0 Å². The van der Waals surface area contributed by atoms with Gasteiger partial charge in [0.15, 0.2) is 11.5 Å². The maximum absolute atomic E-state index is 12.8. The van der Waals surface area contributed by atoms with Crippen LogP contribution in [0.15, 0.2) is 67.5 Å². The van der Waals surface area contributed by atoms with Crippen LogP contribution >= 0.6 is 47.8 Å². The van der Waals surface area contributed by atoms with Crippen molar-refractivity contribution in [3.63, 3.8) is 0 Å². The summed E-state index contributed by atoms with van der Waals surface area (Å²) in [6.45, 7) is 4.35. The first-order chi connectivity index (χ1) is 16.2. The van der Waals surface area contributed by atoms with Crippen LogP contribution in [0, 0.1) is 25.2 Å². The van der Waals surface area contributed by atoms with Gasteiger partial charge in [-0.15, -0.1) is 0 Å². The van der Waals surface area contributed by atoms with Gasteiger partial charge in [-0.1, -0.05) is 24.3 Å². The third-order valence-corrected chi connectivity index (χ3v) is 6.83. The van der Waals surface area contributed by atoms with E-state index in [0.717, 1.165) is 16.7 Å². The van der Waals surface area contributed by atoms with Gasteiger partial charge in [-0.25, -0.2) is 0 Å². The quantitative estimate of drug-likeness (QED) is 0.210. The van der Waals surface area contributed by atoms with E-state index in [-0.39, 0.29) is 5.57 Å². The molecule has 0 aliphatic carbocycles. The summed E-state index contributed by atoms with van der Waals surface area (Å²) in [5.41, 5.74) is 4.33. The molecule has 0 aliphatic heterocycles. The Morgan fingerprint density at radius 2 is 1.74 bits per heavy atom. The minimum absolute atomic E-state index is 0.0538. The molecule has 3 rings (SSSR count). The van der Waals surface area contributed by atoms with E-state index in [9.17, 15) is 10.1 Å². The number of nitrogens with one attached hydrogen (secondary N) is 1. The molecule has 0 spiro atoms. The number of ether oxygens (including phenoxy) is 2. The van der Waals surface area contributed by atoms with Crippen molar-refractivity contribution in [2.45, 2.75) is 20.5 Å². The summed E-state index contributed by atoms with van der Waals surface area (Å²) in [5.74, 6) is 0.497. The van der Waals surface area contributed by atoms with Crippen LogP contribution in [0.4, 0.5) is 5.69 Å². The zero-order chi connectivity index (χ0) is 24.8. The molecular formula is C26H21Br3N2O3. The standard InChI is InChI=1S/C26H21Br3N2O3/c1-15-8-20(27)24(21(28)9-15)31-26(32)19(13-30)10-17-11-22(29)25(23(12-17)33-3)34-14-18-7-5-4-6-16(18)2/h4-12H,14H2,1-3H3,(H,31,32)/b19-10+. The molecule has 174 valence electrons. The van der Waals surface area contributed by atoms with Crippen molar-refractivity contribution in [2.24, 2.45) is 0 Å². The first kappa shape index (κ1) is 26.0. The number of hydrogen-bond acceptors (Lipinski definition) is 4. The average Bonchev–Trinajstić information content (AvgIpc) is 2.79. The van der Waals surface area contributed by atoms with Gasteiger partial charge in [-0.3, -0.25) is 4.79 Å². The smallest absolute Gasteiger partial charge is 0.266 e. The largest absolute Gasteiger partial charge is 0.493 e. The lowest BCUT2D eigenvalue weighted by molar-refractivity contribution is -0.112. The van der Waals surface area contributed by atoms with E-state index in [4.69, 9.17) is 9.47 Å². The van der Waals surface area contributed by atoms with Crippen LogP contribution in [0.25, 0.3) is 6.08 Å². The van der Waals surface area contributed by atoms with Gasteiger partial charge >= 0.3 is 0 Å². The van der Waals surface area contributed by atoms with Gasteiger partial charge in [-0.05, 0) is 114 Å². The highest BCUT2D eigenvalue weighted by atomic mass is 79.9. The van der Waals surface area contributed by atoms with Crippen molar-refractivity contribution in [3.05, 3.63) is 89.8 Å². The predicted molar refractivity (Wildman–Crippen MR) is 145 cm³/mol. The fourth-order valence-electron chi connectivity index (χ4n) is 3.20. The molecular weight excluding hydrogens is 628 g/mol. The lowest BCUT2D eigenvalue weighted by Gasteiger charge is -2.15. The van der Waals surface area contributed by atoms with Gasteiger partial charge in [0.05, 0.1) is 17.3 Å². The maximum atomic E-state index is 12.8. The third kappa shape index (κ3) is 6.29. The first-order valence-corrected chi connectivity index (χ1v) is 12.5. The van der Waals surface area contributed by atoms with Crippen molar-refractivity contribution in [1.29, 1.82) is 5.26 Å². The Morgan fingerprint density at radius 1 is 1.06 bits per heavy atom. The molecule has 0 atom stereocenters. The minimum Gasteiger partial charge on any atom is -0.493 e. The number of amides is 1. The summed E-state index contributed by atoms with van der Waals surface area (Å²) in [5, 5.41) is 12.4. The van der Waals surface area contributed by atoms with Gasteiger partial charge in [-0.2, -0.15) is 5.26 Å². The highest BCUT2D eigenvalue weighted by Gasteiger charge is 2.16. The summed E-state index contributed by atoms with van der Waals surface area (Å²) in [6.07, 6.45) is 1.50. The second-order valence-corrected chi connectivity index (χ2v) is 10.0. The van der Waals surface area contributed by atoms with E-state index in [1.165, 1.54) is 6.08 Å². The molecule has 0 radical (unpaired) electrons. The molecule has 0 unspecified atom stereocenters. The number of nitrogens with zero attached hydrogens (tertiary/aromatic N) is 1. The number of aryl methyl sites for hydroxylation is 2. The van der Waals surface area contributed by atoms with Gasteiger partial charge < -0.3 is 14.8 Å². The van der Waals surface area contributed by atoms with Crippen LogP contribution in [0.1, 0.15) is 22.3 Å². The summed E-state index contributed by atoms with van der Waals surface area (Å²) >= 11 is 10.4. The molecule has 1 N–H and O–H groups in total. The van der Waals surface area contributed by atoms with Crippen LogP contribution in [0.5, 0.6) is 11.5 Å². The number of hydrogen-bond donors (Lipinski definition) is 1. The van der Waals surface area contributed by atoms with Crippen molar-refractivity contribution < 1.29 is 14.3 Å². The Labute approximate surface area is 224 Å². The molecule has 3 aromatic rings. The molecule has 0 saturated carbocycles. The first-order valence-electron chi connectivity index (χ1n) is 10.2. The Morgan fingerprint density at radius 3 is 2.35 bits per heavy atom. The Hall–Kier alpha value is -2.60. The number of anilines is 1. The van der Waals surface area contributed by atoms with Gasteiger partial charge in [0, 0.05) is 8.95 Å². The zero-order valence-electron chi connectivity index (χ0n) is 18.7. The third-order valence-electron chi connectivity index (χ3n) is 4.99. The molecule has 0 saturated heterocycles. The van der Waals surface area contributed by atoms with E-state index in [1.807, 2.05) is 56.3 Å².